The van der Waals surface area contributed by atoms with E-state index >= 15 is 0 Å². The average Bonchev–Trinajstić information content (AvgIpc) is 2.32. The van der Waals surface area contributed by atoms with Crippen LogP contribution in [0.2, 0.25) is 0 Å². The van der Waals surface area contributed by atoms with Crippen LogP contribution >= 0.6 is 15.9 Å². The smallest absolute Gasteiger partial charge is 0.260 e. The molecule has 17 heavy (non-hydrogen) atoms. The summed E-state index contributed by atoms with van der Waals surface area (Å²) in [5, 5.41) is 9.71. The van der Waals surface area contributed by atoms with E-state index in [2.05, 4.69) is 41.6 Å². The van der Waals surface area contributed by atoms with Gasteiger partial charge in [-0.1, -0.05) is 34.1 Å². The summed E-state index contributed by atoms with van der Waals surface area (Å²) >= 11 is 3.39. The normalized spacial score (nSPS) is 10.6. The Morgan fingerprint density at radius 1 is 1.41 bits per heavy atom. The number of aromatic amines is 1. The molecule has 0 spiro atoms. The van der Waals surface area contributed by atoms with Crippen LogP contribution in [0.25, 0.3) is 0 Å². The molecule has 0 amide bonds. The molecular weight excluding hydrogens is 286 g/mol. The van der Waals surface area contributed by atoms with Crippen molar-refractivity contribution in [3.63, 3.8) is 0 Å². The lowest BCUT2D eigenvalue weighted by Crippen LogP contribution is -2.13. The van der Waals surface area contributed by atoms with Crippen molar-refractivity contribution in [2.24, 2.45) is 5.10 Å². The highest BCUT2D eigenvalue weighted by Gasteiger charge is 1.94. The summed E-state index contributed by atoms with van der Waals surface area (Å²) in [6.45, 7) is 0. The summed E-state index contributed by atoms with van der Waals surface area (Å²) in [4.78, 5) is 14.5. The first-order valence-corrected chi connectivity index (χ1v) is 5.50. The maximum absolute atomic E-state index is 10.8. The molecule has 7 heteroatoms. The number of anilines is 1. The summed E-state index contributed by atoms with van der Waals surface area (Å²) in [7, 11) is 0. The van der Waals surface area contributed by atoms with Crippen molar-refractivity contribution in [1.82, 2.24) is 15.2 Å². The van der Waals surface area contributed by atoms with E-state index in [0.717, 1.165) is 10.0 Å². The van der Waals surface area contributed by atoms with Crippen LogP contribution < -0.4 is 11.1 Å². The molecule has 0 saturated carbocycles. The van der Waals surface area contributed by atoms with E-state index in [1.807, 2.05) is 24.3 Å². The summed E-state index contributed by atoms with van der Waals surface area (Å²) in [5.41, 5.74) is 3.01. The minimum absolute atomic E-state index is 0.289. The highest BCUT2D eigenvalue weighted by molar-refractivity contribution is 9.10. The van der Waals surface area contributed by atoms with Crippen LogP contribution in [0, 0.1) is 0 Å². The zero-order chi connectivity index (χ0) is 12.1. The van der Waals surface area contributed by atoms with Crippen LogP contribution in [0.15, 0.2) is 44.8 Å². The van der Waals surface area contributed by atoms with Crippen molar-refractivity contribution in [2.75, 3.05) is 5.43 Å². The fraction of sp³-hybridized carbons (Fsp3) is 0. The number of H-pyrrole nitrogens is 1. The first-order chi connectivity index (χ1) is 8.25. The van der Waals surface area contributed by atoms with Gasteiger partial charge in [-0.15, -0.1) is 0 Å². The maximum atomic E-state index is 10.8. The quantitative estimate of drug-likeness (QED) is 0.661. The van der Waals surface area contributed by atoms with Gasteiger partial charge in [-0.05, 0) is 6.07 Å². The Kier molecular flexibility index (Phi) is 3.61. The molecule has 1 heterocycles. The van der Waals surface area contributed by atoms with Crippen molar-refractivity contribution < 1.29 is 0 Å². The van der Waals surface area contributed by atoms with Gasteiger partial charge in [-0.2, -0.15) is 15.2 Å². The van der Waals surface area contributed by atoms with Crippen LogP contribution in [0.4, 0.5) is 5.82 Å². The predicted octanol–water partition coefficient (Wildman–Crippen LogP) is 1.37. The third kappa shape index (κ3) is 3.22. The van der Waals surface area contributed by atoms with E-state index in [1.165, 1.54) is 6.20 Å². The molecule has 2 aromatic rings. The number of aromatic nitrogens is 3. The number of nitrogens with one attached hydrogen (secondary N) is 2. The van der Waals surface area contributed by atoms with E-state index in [4.69, 9.17) is 0 Å². The highest BCUT2D eigenvalue weighted by atomic mass is 79.9. The second kappa shape index (κ2) is 5.35. The molecule has 0 atom stereocenters. The van der Waals surface area contributed by atoms with E-state index in [1.54, 1.807) is 6.21 Å². The molecule has 1 aromatic carbocycles. The van der Waals surface area contributed by atoms with Crippen molar-refractivity contribution in [3.05, 3.63) is 51.0 Å². The van der Waals surface area contributed by atoms with Crippen molar-refractivity contribution >= 4 is 28.0 Å². The molecule has 0 aliphatic heterocycles. The third-order valence-corrected chi connectivity index (χ3v) is 2.58. The van der Waals surface area contributed by atoms with Crippen molar-refractivity contribution in [2.45, 2.75) is 0 Å². The fourth-order valence-corrected chi connectivity index (χ4v) is 1.50. The Labute approximate surface area is 105 Å². The van der Waals surface area contributed by atoms with Gasteiger partial charge in [0.1, 0.15) is 0 Å². The molecule has 0 aliphatic carbocycles. The second-order valence-electron chi connectivity index (χ2n) is 3.06. The average molecular weight is 294 g/mol. The number of halogens is 1. The van der Waals surface area contributed by atoms with Gasteiger partial charge in [0.25, 0.3) is 0 Å². The number of hydrogen-bond donors (Lipinski definition) is 2. The molecule has 0 radical (unpaired) electrons. The first-order valence-electron chi connectivity index (χ1n) is 4.71. The molecule has 0 fully saturated rings. The molecule has 0 saturated heterocycles. The van der Waals surface area contributed by atoms with E-state index in [9.17, 15) is 4.79 Å². The molecule has 2 rings (SSSR count). The topological polar surface area (TPSA) is 83.0 Å². The Morgan fingerprint density at radius 3 is 3.00 bits per heavy atom. The van der Waals surface area contributed by atoms with E-state index < -0.39 is 5.69 Å². The molecule has 1 aromatic heterocycles. The summed E-state index contributed by atoms with van der Waals surface area (Å²) in [6, 6.07) is 7.63. The van der Waals surface area contributed by atoms with Gasteiger partial charge in [-0.3, -0.25) is 5.43 Å². The number of rotatable bonds is 3. The minimum Gasteiger partial charge on any atom is -0.260 e. The van der Waals surface area contributed by atoms with Crippen LogP contribution in [-0.4, -0.2) is 21.4 Å². The van der Waals surface area contributed by atoms with Crippen LogP contribution in [-0.2, 0) is 0 Å². The zero-order valence-electron chi connectivity index (χ0n) is 8.59. The monoisotopic (exact) mass is 293 g/mol. The second-order valence-corrected chi connectivity index (χ2v) is 3.92. The largest absolute Gasteiger partial charge is 0.363 e. The maximum Gasteiger partial charge on any atom is 0.363 e. The Balaban J connectivity index is 2.08. The van der Waals surface area contributed by atoms with Gasteiger partial charge in [0.05, 0.1) is 12.4 Å². The van der Waals surface area contributed by atoms with Crippen molar-refractivity contribution in [1.29, 1.82) is 0 Å². The molecule has 0 unspecified atom stereocenters. The van der Waals surface area contributed by atoms with Gasteiger partial charge in [0, 0.05) is 10.0 Å². The van der Waals surface area contributed by atoms with Gasteiger partial charge in [0.2, 0.25) is 0 Å². The molecule has 86 valence electrons. The number of nitrogens with zero attached hydrogens (tertiary/aromatic N) is 3. The summed E-state index contributed by atoms with van der Waals surface area (Å²) in [6.07, 6.45) is 2.99. The number of hydrazone groups is 1. The third-order valence-electron chi connectivity index (χ3n) is 1.86. The lowest BCUT2D eigenvalue weighted by Gasteiger charge is -1.98. The van der Waals surface area contributed by atoms with Gasteiger partial charge in [-0.25, -0.2) is 9.89 Å². The first kappa shape index (κ1) is 11.5. The zero-order valence-corrected chi connectivity index (χ0v) is 10.2. The number of benzene rings is 1. The summed E-state index contributed by atoms with van der Waals surface area (Å²) in [5.74, 6) is 0.289. The lowest BCUT2D eigenvalue weighted by atomic mass is 10.2. The molecule has 0 aliphatic rings. The van der Waals surface area contributed by atoms with Crippen molar-refractivity contribution in [3.8, 4) is 0 Å². The molecular formula is C10H8BrN5O. The molecule has 2 N–H and O–H groups in total. The number of hydrogen-bond acceptors (Lipinski definition) is 5. The fourth-order valence-electron chi connectivity index (χ4n) is 1.11. The van der Waals surface area contributed by atoms with Gasteiger partial charge in [0.15, 0.2) is 5.82 Å². The SMILES string of the molecule is O=c1nc(NN=Cc2ccccc2Br)cn[nH]1. The minimum atomic E-state index is -0.522. The van der Waals surface area contributed by atoms with Crippen LogP contribution in [0.1, 0.15) is 5.56 Å². The Hall–Kier alpha value is -2.02. The summed E-state index contributed by atoms with van der Waals surface area (Å²) < 4.78 is 0.933. The lowest BCUT2D eigenvalue weighted by molar-refractivity contribution is 0.913. The predicted molar refractivity (Wildman–Crippen MR) is 68.0 cm³/mol. The molecule has 6 nitrogen and oxygen atoms in total. The van der Waals surface area contributed by atoms with E-state index in [-0.39, 0.29) is 5.82 Å². The Bertz CT molecular complexity index is 595. The molecule has 0 bridgehead atoms. The Morgan fingerprint density at radius 2 is 2.24 bits per heavy atom. The van der Waals surface area contributed by atoms with Gasteiger partial charge < -0.3 is 0 Å². The standard InChI is InChI=1S/C10H8BrN5O/c11-8-4-2-1-3-7(8)5-12-15-9-6-13-16-10(17)14-9/h1-6H,(H2,14,15,16,17). The van der Waals surface area contributed by atoms with Gasteiger partial charge >= 0.3 is 5.69 Å². The van der Waals surface area contributed by atoms with Crippen LogP contribution in [0.5, 0.6) is 0 Å². The highest BCUT2D eigenvalue weighted by Crippen LogP contribution is 2.13. The van der Waals surface area contributed by atoms with Crippen LogP contribution in [0.3, 0.4) is 0 Å². The van der Waals surface area contributed by atoms with E-state index in [0.29, 0.717) is 0 Å².